The number of carbonyl (C=O) groups is 2. The maximum atomic E-state index is 12.4. The third-order valence-electron chi connectivity index (χ3n) is 4.28. The normalized spacial score (nSPS) is 11.6. The number of fused-ring (bicyclic) bond motifs is 1. The molecule has 0 bridgehead atoms. The Hall–Kier alpha value is -3.41. The van der Waals surface area contributed by atoms with Crippen LogP contribution in [-0.2, 0) is 20.7 Å². The summed E-state index contributed by atoms with van der Waals surface area (Å²) < 4.78 is 10.7. The molecule has 0 fully saturated rings. The highest BCUT2D eigenvalue weighted by Gasteiger charge is 2.19. The van der Waals surface area contributed by atoms with Crippen molar-refractivity contribution >= 4 is 28.5 Å². The Kier molecular flexibility index (Phi) is 6.22. The number of carbonyl (C=O) groups excluding carboxylic acids is 2. The van der Waals surface area contributed by atoms with Crippen LogP contribution in [-0.4, -0.2) is 29.6 Å². The number of hydrogen-bond donors (Lipinski definition) is 1. The van der Waals surface area contributed by atoms with E-state index in [9.17, 15) is 9.59 Å². The predicted molar refractivity (Wildman–Crippen MR) is 107 cm³/mol. The molecule has 1 atom stereocenters. The molecular formula is C22H22N2O4. The first-order valence-corrected chi connectivity index (χ1v) is 9.13. The molecule has 28 heavy (non-hydrogen) atoms. The SMILES string of the molecule is CCc1ccccc1OCC(=O)OC(C)C(=O)Nc1cccc2ncccc12. The summed E-state index contributed by atoms with van der Waals surface area (Å²) in [4.78, 5) is 28.7. The zero-order valence-corrected chi connectivity index (χ0v) is 15.8. The maximum absolute atomic E-state index is 12.4. The molecule has 6 nitrogen and oxygen atoms in total. The van der Waals surface area contributed by atoms with E-state index in [-0.39, 0.29) is 6.61 Å². The molecule has 1 amide bonds. The van der Waals surface area contributed by atoms with Crippen molar-refractivity contribution in [2.24, 2.45) is 0 Å². The first kappa shape index (κ1) is 19.4. The molecule has 2 aromatic carbocycles. The van der Waals surface area contributed by atoms with E-state index in [0.717, 1.165) is 22.9 Å². The van der Waals surface area contributed by atoms with E-state index < -0.39 is 18.0 Å². The van der Waals surface area contributed by atoms with Crippen molar-refractivity contribution in [2.75, 3.05) is 11.9 Å². The van der Waals surface area contributed by atoms with Gasteiger partial charge < -0.3 is 14.8 Å². The molecule has 1 aromatic heterocycles. The van der Waals surface area contributed by atoms with Crippen LogP contribution in [0.1, 0.15) is 19.4 Å². The molecular weight excluding hydrogens is 356 g/mol. The molecule has 0 aliphatic heterocycles. The van der Waals surface area contributed by atoms with E-state index in [4.69, 9.17) is 9.47 Å². The lowest BCUT2D eigenvalue weighted by Gasteiger charge is -2.15. The molecule has 3 aromatic rings. The summed E-state index contributed by atoms with van der Waals surface area (Å²) in [5, 5.41) is 3.60. The van der Waals surface area contributed by atoms with Crippen LogP contribution in [0.3, 0.4) is 0 Å². The second-order valence-electron chi connectivity index (χ2n) is 6.25. The molecule has 0 aliphatic rings. The maximum Gasteiger partial charge on any atom is 0.344 e. The average Bonchev–Trinajstić information content (AvgIpc) is 2.72. The van der Waals surface area contributed by atoms with Gasteiger partial charge in [-0.3, -0.25) is 9.78 Å². The fourth-order valence-corrected chi connectivity index (χ4v) is 2.80. The van der Waals surface area contributed by atoms with Crippen molar-refractivity contribution in [3.8, 4) is 5.75 Å². The summed E-state index contributed by atoms with van der Waals surface area (Å²) in [5.74, 6) is -0.380. The van der Waals surface area contributed by atoms with Gasteiger partial charge >= 0.3 is 5.97 Å². The van der Waals surface area contributed by atoms with Crippen LogP contribution < -0.4 is 10.1 Å². The fourth-order valence-electron chi connectivity index (χ4n) is 2.80. The van der Waals surface area contributed by atoms with Gasteiger partial charge in [0.2, 0.25) is 0 Å². The highest BCUT2D eigenvalue weighted by molar-refractivity contribution is 6.02. The van der Waals surface area contributed by atoms with Crippen LogP contribution >= 0.6 is 0 Å². The minimum Gasteiger partial charge on any atom is -0.482 e. The van der Waals surface area contributed by atoms with Gasteiger partial charge in [-0.05, 0) is 49.2 Å². The lowest BCUT2D eigenvalue weighted by Crippen LogP contribution is -2.31. The Morgan fingerprint density at radius 3 is 2.71 bits per heavy atom. The number of ether oxygens (including phenoxy) is 2. The van der Waals surface area contributed by atoms with Crippen LogP contribution in [0.5, 0.6) is 5.75 Å². The number of rotatable bonds is 7. The van der Waals surface area contributed by atoms with Crippen LogP contribution in [0.4, 0.5) is 5.69 Å². The summed E-state index contributed by atoms with van der Waals surface area (Å²) in [5.41, 5.74) is 2.39. The molecule has 0 spiro atoms. The summed E-state index contributed by atoms with van der Waals surface area (Å²) >= 11 is 0. The Morgan fingerprint density at radius 2 is 1.89 bits per heavy atom. The number of aromatic nitrogens is 1. The monoisotopic (exact) mass is 378 g/mol. The van der Waals surface area contributed by atoms with Crippen LogP contribution in [0, 0.1) is 0 Å². The highest BCUT2D eigenvalue weighted by Crippen LogP contribution is 2.22. The van der Waals surface area contributed by atoms with Crippen molar-refractivity contribution in [3.05, 3.63) is 66.4 Å². The van der Waals surface area contributed by atoms with Crippen LogP contribution in [0.25, 0.3) is 10.9 Å². The molecule has 0 aliphatic carbocycles. The van der Waals surface area contributed by atoms with Gasteiger partial charge in [0.25, 0.3) is 5.91 Å². The molecule has 0 saturated carbocycles. The third-order valence-corrected chi connectivity index (χ3v) is 4.28. The van der Waals surface area contributed by atoms with E-state index in [1.54, 1.807) is 30.5 Å². The van der Waals surface area contributed by atoms with Gasteiger partial charge in [-0.1, -0.05) is 31.2 Å². The number of benzene rings is 2. The highest BCUT2D eigenvalue weighted by atomic mass is 16.6. The summed E-state index contributed by atoms with van der Waals surface area (Å²) in [6.45, 7) is 3.28. The molecule has 6 heteroatoms. The summed E-state index contributed by atoms with van der Waals surface area (Å²) in [7, 11) is 0. The first-order chi connectivity index (χ1) is 13.6. The second-order valence-corrected chi connectivity index (χ2v) is 6.25. The van der Waals surface area contributed by atoms with Gasteiger partial charge in [-0.15, -0.1) is 0 Å². The molecule has 0 saturated heterocycles. The molecule has 0 radical (unpaired) electrons. The van der Waals surface area contributed by atoms with Gasteiger partial charge in [0, 0.05) is 11.6 Å². The van der Waals surface area contributed by atoms with Gasteiger partial charge in [-0.2, -0.15) is 0 Å². The van der Waals surface area contributed by atoms with Crippen molar-refractivity contribution < 1.29 is 19.1 Å². The lowest BCUT2D eigenvalue weighted by atomic mass is 10.1. The number of hydrogen-bond acceptors (Lipinski definition) is 5. The largest absolute Gasteiger partial charge is 0.482 e. The number of para-hydroxylation sites is 1. The zero-order valence-electron chi connectivity index (χ0n) is 15.8. The van der Waals surface area contributed by atoms with Gasteiger partial charge in [0.05, 0.1) is 11.2 Å². The number of pyridine rings is 1. The van der Waals surface area contributed by atoms with Crippen molar-refractivity contribution in [3.63, 3.8) is 0 Å². The third kappa shape index (κ3) is 4.65. The van der Waals surface area contributed by atoms with E-state index in [0.29, 0.717) is 11.4 Å². The predicted octanol–water partition coefficient (Wildman–Crippen LogP) is 3.75. The smallest absolute Gasteiger partial charge is 0.344 e. The topological polar surface area (TPSA) is 77.5 Å². The van der Waals surface area contributed by atoms with E-state index in [1.165, 1.54) is 6.92 Å². The van der Waals surface area contributed by atoms with E-state index in [2.05, 4.69) is 10.3 Å². The van der Waals surface area contributed by atoms with Crippen molar-refractivity contribution in [1.82, 2.24) is 4.98 Å². The minimum absolute atomic E-state index is 0.257. The quantitative estimate of drug-likeness (QED) is 0.634. The number of aryl methyl sites for hydroxylation is 1. The minimum atomic E-state index is -0.954. The van der Waals surface area contributed by atoms with Gasteiger partial charge in [0.1, 0.15) is 5.75 Å². The zero-order chi connectivity index (χ0) is 19.9. The molecule has 144 valence electrons. The Balaban J connectivity index is 1.57. The number of nitrogens with zero attached hydrogens (tertiary/aromatic N) is 1. The Bertz CT molecular complexity index is 982. The van der Waals surface area contributed by atoms with E-state index in [1.807, 2.05) is 37.3 Å². The average molecular weight is 378 g/mol. The summed E-state index contributed by atoms with van der Waals surface area (Å²) in [6, 6.07) is 16.6. The molecule has 1 unspecified atom stereocenters. The first-order valence-electron chi connectivity index (χ1n) is 9.13. The second kappa shape index (κ2) is 8.99. The number of esters is 1. The lowest BCUT2D eigenvalue weighted by molar-refractivity contribution is -0.155. The Labute approximate surface area is 163 Å². The summed E-state index contributed by atoms with van der Waals surface area (Å²) in [6.07, 6.45) is 1.53. The molecule has 1 heterocycles. The number of nitrogens with one attached hydrogen (secondary N) is 1. The standard InChI is InChI=1S/C22H22N2O4/c1-3-16-8-4-5-12-20(16)27-14-21(25)28-15(2)22(26)24-19-11-6-10-18-17(19)9-7-13-23-18/h4-13,15H,3,14H2,1-2H3,(H,24,26). The molecule has 1 N–H and O–H groups in total. The van der Waals surface area contributed by atoms with Crippen molar-refractivity contribution in [1.29, 1.82) is 0 Å². The molecule has 3 rings (SSSR count). The van der Waals surface area contributed by atoms with Gasteiger partial charge in [-0.25, -0.2) is 4.79 Å². The van der Waals surface area contributed by atoms with Gasteiger partial charge in [0.15, 0.2) is 12.7 Å². The van der Waals surface area contributed by atoms with Crippen LogP contribution in [0.2, 0.25) is 0 Å². The van der Waals surface area contributed by atoms with Crippen molar-refractivity contribution in [2.45, 2.75) is 26.4 Å². The Morgan fingerprint density at radius 1 is 1.07 bits per heavy atom. The fraction of sp³-hybridized carbons (Fsp3) is 0.227. The number of anilines is 1. The number of amides is 1. The van der Waals surface area contributed by atoms with E-state index >= 15 is 0 Å². The van der Waals surface area contributed by atoms with Crippen LogP contribution in [0.15, 0.2) is 60.8 Å².